The molecule has 4 atom stereocenters. The Morgan fingerprint density at radius 2 is 1.26 bits per heavy atom. The van der Waals surface area contributed by atoms with Gasteiger partial charge in [-0.2, -0.15) is 0 Å². The zero-order valence-electron chi connectivity index (χ0n) is 14.2. The molecule has 2 aliphatic rings. The number of likely N-dealkylation sites (N-methyl/N-ethyl adjacent to an activating group) is 2. The van der Waals surface area contributed by atoms with Crippen LogP contribution in [0.25, 0.3) is 0 Å². The highest BCUT2D eigenvalue weighted by Crippen LogP contribution is 2.40. The molecule has 130 valence electrons. The number of carbonyl (C=O) groups is 2. The third-order valence-corrected chi connectivity index (χ3v) is 4.01. The molecule has 2 bridgehead atoms. The number of carbonyl (C=O) groups excluding carboxylic acids is 2. The Morgan fingerprint density at radius 1 is 0.870 bits per heavy atom. The van der Waals surface area contributed by atoms with Gasteiger partial charge in [-0.05, 0) is 28.2 Å². The van der Waals surface area contributed by atoms with Crippen LogP contribution in [0.2, 0.25) is 0 Å². The average molecular weight is 326 g/mol. The summed E-state index contributed by atoms with van der Waals surface area (Å²) in [6.45, 7) is 1.88. The molecular formula is C16H26N2O5. The zero-order chi connectivity index (χ0) is 17.0. The first-order valence-corrected chi connectivity index (χ1v) is 7.86. The first-order valence-electron chi connectivity index (χ1n) is 7.86. The van der Waals surface area contributed by atoms with Crippen molar-refractivity contribution < 1.29 is 23.8 Å². The van der Waals surface area contributed by atoms with E-state index in [1.807, 2.05) is 50.1 Å². The van der Waals surface area contributed by atoms with Crippen molar-refractivity contribution in [1.29, 1.82) is 0 Å². The molecule has 7 heteroatoms. The number of rotatable bonds is 8. The van der Waals surface area contributed by atoms with Crippen molar-refractivity contribution in [2.75, 3.05) is 54.5 Å². The van der Waals surface area contributed by atoms with E-state index in [0.717, 1.165) is 0 Å². The number of esters is 2. The summed E-state index contributed by atoms with van der Waals surface area (Å²) in [6.07, 6.45) is 2.87. The van der Waals surface area contributed by atoms with Crippen LogP contribution in [0.4, 0.5) is 0 Å². The maximum Gasteiger partial charge on any atom is 0.312 e. The number of fused-ring (bicyclic) bond motifs is 2. The first kappa shape index (κ1) is 17.9. The second-order valence-electron chi connectivity index (χ2n) is 6.44. The van der Waals surface area contributed by atoms with Crippen molar-refractivity contribution in [3.8, 4) is 0 Å². The highest BCUT2D eigenvalue weighted by molar-refractivity contribution is 5.85. The minimum absolute atomic E-state index is 0.297. The third-order valence-electron chi connectivity index (χ3n) is 4.01. The van der Waals surface area contributed by atoms with Gasteiger partial charge < -0.3 is 24.0 Å². The van der Waals surface area contributed by atoms with E-state index in [4.69, 9.17) is 14.2 Å². The predicted molar refractivity (Wildman–Crippen MR) is 83.8 cm³/mol. The number of hydrogen-bond acceptors (Lipinski definition) is 7. The molecule has 0 unspecified atom stereocenters. The summed E-state index contributed by atoms with van der Waals surface area (Å²) < 4.78 is 16.3. The predicted octanol–water partition coefficient (Wildman–Crippen LogP) is -0.234. The van der Waals surface area contributed by atoms with Gasteiger partial charge in [0, 0.05) is 13.1 Å². The van der Waals surface area contributed by atoms with E-state index < -0.39 is 36.0 Å². The summed E-state index contributed by atoms with van der Waals surface area (Å²) in [5.74, 6) is -2.01. The van der Waals surface area contributed by atoms with Crippen LogP contribution in [0.1, 0.15) is 0 Å². The number of ether oxygens (including phenoxy) is 3. The molecule has 23 heavy (non-hydrogen) atoms. The van der Waals surface area contributed by atoms with Crippen LogP contribution in [0.5, 0.6) is 0 Å². The Hall–Kier alpha value is -1.44. The Balaban J connectivity index is 1.92. The Kier molecular flexibility index (Phi) is 6.15. The van der Waals surface area contributed by atoms with Crippen LogP contribution in [0.15, 0.2) is 12.2 Å². The first-order chi connectivity index (χ1) is 10.9. The van der Waals surface area contributed by atoms with Crippen molar-refractivity contribution in [1.82, 2.24) is 9.80 Å². The van der Waals surface area contributed by atoms with Crippen molar-refractivity contribution in [2.24, 2.45) is 11.8 Å². The molecule has 0 aromatic carbocycles. The SMILES string of the molecule is CN(C)CCOC(=O)[C@@H]1[C@H](C(=O)OCCN(C)C)[C@H]2C=C[C@@H]1O2. The molecular weight excluding hydrogens is 300 g/mol. The molecule has 7 nitrogen and oxygen atoms in total. The minimum Gasteiger partial charge on any atom is -0.464 e. The smallest absolute Gasteiger partial charge is 0.312 e. The Bertz CT molecular complexity index is 423. The number of nitrogens with zero attached hydrogens (tertiary/aromatic N) is 2. The summed E-state index contributed by atoms with van der Waals surface area (Å²) >= 11 is 0. The van der Waals surface area contributed by atoms with Crippen LogP contribution >= 0.6 is 0 Å². The quantitative estimate of drug-likeness (QED) is 0.451. The fraction of sp³-hybridized carbons (Fsp3) is 0.750. The fourth-order valence-electron chi connectivity index (χ4n) is 2.72. The molecule has 0 aromatic heterocycles. The van der Waals surface area contributed by atoms with E-state index in [2.05, 4.69) is 0 Å². The van der Waals surface area contributed by atoms with Crippen molar-refractivity contribution in [3.05, 3.63) is 12.2 Å². The summed E-state index contributed by atoms with van der Waals surface area (Å²) in [4.78, 5) is 28.5. The number of hydrogen-bond donors (Lipinski definition) is 0. The van der Waals surface area contributed by atoms with Gasteiger partial charge in [0.15, 0.2) is 0 Å². The maximum absolute atomic E-state index is 12.3. The average Bonchev–Trinajstić information content (AvgIpc) is 3.06. The van der Waals surface area contributed by atoms with Crippen LogP contribution in [-0.4, -0.2) is 88.4 Å². The van der Waals surface area contributed by atoms with Gasteiger partial charge in [0.1, 0.15) is 25.0 Å². The Morgan fingerprint density at radius 3 is 1.61 bits per heavy atom. The van der Waals surface area contributed by atoms with Gasteiger partial charge in [0.2, 0.25) is 0 Å². The molecule has 1 fully saturated rings. The maximum atomic E-state index is 12.3. The van der Waals surface area contributed by atoms with Crippen LogP contribution in [0, 0.1) is 11.8 Å². The Labute approximate surface area is 137 Å². The standard InChI is InChI=1S/C16H26N2O5/c1-17(2)7-9-21-15(19)13-11-5-6-12(23-11)14(13)16(20)22-10-8-18(3)4/h5-6,11-14H,7-10H2,1-4H3/t11-,12+,13-,14+. The van der Waals surface area contributed by atoms with Gasteiger partial charge in [-0.25, -0.2) is 0 Å². The summed E-state index contributed by atoms with van der Waals surface area (Å²) in [6, 6.07) is 0. The van der Waals surface area contributed by atoms with Crippen molar-refractivity contribution in [2.45, 2.75) is 12.2 Å². The highest BCUT2D eigenvalue weighted by atomic mass is 16.6. The van der Waals surface area contributed by atoms with E-state index >= 15 is 0 Å². The topological polar surface area (TPSA) is 68.3 Å². The largest absolute Gasteiger partial charge is 0.464 e. The molecule has 2 aliphatic heterocycles. The van der Waals surface area contributed by atoms with E-state index in [1.54, 1.807) is 0 Å². The van der Waals surface area contributed by atoms with Gasteiger partial charge >= 0.3 is 11.9 Å². The monoisotopic (exact) mass is 326 g/mol. The van der Waals surface area contributed by atoms with E-state index in [1.165, 1.54) is 0 Å². The molecule has 0 spiro atoms. The molecule has 0 saturated carbocycles. The molecule has 0 amide bonds. The third kappa shape index (κ3) is 4.53. The minimum atomic E-state index is -0.612. The van der Waals surface area contributed by atoms with E-state index in [9.17, 15) is 9.59 Å². The second kappa shape index (κ2) is 7.90. The van der Waals surface area contributed by atoms with Gasteiger partial charge in [0.25, 0.3) is 0 Å². The molecule has 0 N–H and O–H groups in total. The van der Waals surface area contributed by atoms with Gasteiger partial charge in [0.05, 0.1) is 12.2 Å². The van der Waals surface area contributed by atoms with Crippen LogP contribution in [-0.2, 0) is 23.8 Å². The second-order valence-corrected chi connectivity index (χ2v) is 6.44. The summed E-state index contributed by atoms with van der Waals surface area (Å²) in [7, 11) is 7.62. The van der Waals surface area contributed by atoms with E-state index in [-0.39, 0.29) is 0 Å². The van der Waals surface area contributed by atoms with Crippen molar-refractivity contribution >= 4 is 11.9 Å². The molecule has 0 aromatic rings. The van der Waals surface area contributed by atoms with Crippen LogP contribution < -0.4 is 0 Å². The highest BCUT2D eigenvalue weighted by Gasteiger charge is 2.54. The van der Waals surface area contributed by atoms with E-state index in [0.29, 0.717) is 26.3 Å². The lowest BCUT2D eigenvalue weighted by molar-refractivity contribution is -0.160. The lowest BCUT2D eigenvalue weighted by Gasteiger charge is -2.23. The lowest BCUT2D eigenvalue weighted by atomic mass is 9.83. The molecule has 2 heterocycles. The molecule has 0 aliphatic carbocycles. The molecule has 2 rings (SSSR count). The summed E-state index contributed by atoms with van der Waals surface area (Å²) in [5.41, 5.74) is 0. The van der Waals surface area contributed by atoms with Crippen molar-refractivity contribution in [3.63, 3.8) is 0 Å². The fourth-order valence-corrected chi connectivity index (χ4v) is 2.72. The van der Waals surface area contributed by atoms with Gasteiger partial charge in [-0.3, -0.25) is 9.59 Å². The zero-order valence-corrected chi connectivity index (χ0v) is 14.2. The van der Waals surface area contributed by atoms with Gasteiger partial charge in [-0.1, -0.05) is 12.2 Å². The summed E-state index contributed by atoms with van der Waals surface area (Å²) in [5, 5.41) is 0. The van der Waals surface area contributed by atoms with Crippen LogP contribution in [0.3, 0.4) is 0 Å². The molecule has 1 saturated heterocycles. The van der Waals surface area contributed by atoms with Gasteiger partial charge in [-0.15, -0.1) is 0 Å². The lowest BCUT2D eigenvalue weighted by Crippen LogP contribution is -2.39. The molecule has 0 radical (unpaired) electrons. The normalized spacial score (nSPS) is 28.6.